The molecule has 0 aromatic heterocycles. The van der Waals surface area contributed by atoms with Crippen molar-refractivity contribution < 1.29 is 19.1 Å². The Kier molecular flexibility index (Phi) is 6.19. The van der Waals surface area contributed by atoms with Gasteiger partial charge in [0.1, 0.15) is 0 Å². The molecule has 1 fully saturated rings. The summed E-state index contributed by atoms with van der Waals surface area (Å²) in [6.45, 7) is 2.76. The first-order chi connectivity index (χ1) is 13.6. The lowest BCUT2D eigenvalue weighted by Gasteiger charge is -2.20. The minimum Gasteiger partial charge on any atom is -0.493 e. The summed E-state index contributed by atoms with van der Waals surface area (Å²) in [6.07, 6.45) is 2.21. The highest BCUT2D eigenvalue weighted by Crippen LogP contribution is 2.31. The van der Waals surface area contributed by atoms with Crippen LogP contribution in [0.5, 0.6) is 11.5 Å². The normalized spacial score (nSPS) is 14.7. The number of benzene rings is 2. The fraction of sp³-hybridized carbons (Fsp3) is 0.364. The van der Waals surface area contributed by atoms with E-state index in [1.165, 1.54) is 0 Å². The second-order valence-corrected chi connectivity index (χ2v) is 6.74. The van der Waals surface area contributed by atoms with Gasteiger partial charge in [-0.2, -0.15) is 0 Å². The smallest absolute Gasteiger partial charge is 0.251 e. The first kappa shape index (κ1) is 19.7. The molecule has 28 heavy (non-hydrogen) atoms. The van der Waals surface area contributed by atoms with Gasteiger partial charge in [0.2, 0.25) is 5.91 Å². The summed E-state index contributed by atoms with van der Waals surface area (Å²) in [5.74, 6) is 1.27. The van der Waals surface area contributed by atoms with Gasteiger partial charge >= 0.3 is 0 Å². The molecule has 2 amide bonds. The average molecular weight is 382 g/mol. The summed E-state index contributed by atoms with van der Waals surface area (Å²) in [6, 6.07) is 12.7. The third kappa shape index (κ3) is 4.11. The molecule has 1 aliphatic heterocycles. The zero-order valence-corrected chi connectivity index (χ0v) is 16.5. The first-order valence-electron chi connectivity index (χ1n) is 9.50. The van der Waals surface area contributed by atoms with E-state index < -0.39 is 0 Å². The van der Waals surface area contributed by atoms with Gasteiger partial charge in [0.25, 0.3) is 5.91 Å². The summed E-state index contributed by atoms with van der Waals surface area (Å²) < 4.78 is 10.6. The van der Waals surface area contributed by atoms with Crippen LogP contribution in [0, 0.1) is 0 Å². The Hall–Kier alpha value is -3.02. The van der Waals surface area contributed by atoms with Gasteiger partial charge in [-0.15, -0.1) is 0 Å². The fourth-order valence-corrected chi connectivity index (χ4v) is 3.45. The Morgan fingerprint density at radius 1 is 1.11 bits per heavy atom. The van der Waals surface area contributed by atoms with E-state index in [1.54, 1.807) is 31.3 Å². The van der Waals surface area contributed by atoms with Crippen LogP contribution in [0.1, 0.15) is 48.1 Å². The zero-order valence-electron chi connectivity index (χ0n) is 16.5. The standard InChI is InChI=1S/C22H26N2O4/c1-4-18(16-9-12-19(27-2)20(14-16)28-3)23-22(26)15-7-10-17(11-8-15)24-13-5-6-21(24)25/h7-12,14,18H,4-6,13H2,1-3H3,(H,23,26)/t18-/m1/s1. The Balaban J connectivity index is 1.72. The molecule has 2 aromatic carbocycles. The molecule has 6 heteroatoms. The Bertz CT molecular complexity index is 848. The number of hydrogen-bond acceptors (Lipinski definition) is 4. The Morgan fingerprint density at radius 3 is 2.39 bits per heavy atom. The average Bonchev–Trinajstić information content (AvgIpc) is 3.17. The maximum atomic E-state index is 12.7. The summed E-state index contributed by atoms with van der Waals surface area (Å²) >= 11 is 0. The number of anilines is 1. The predicted molar refractivity (Wildman–Crippen MR) is 108 cm³/mol. The number of hydrogen-bond donors (Lipinski definition) is 1. The molecule has 2 aromatic rings. The van der Waals surface area contributed by atoms with E-state index in [-0.39, 0.29) is 17.9 Å². The SMILES string of the molecule is CC[C@@H](NC(=O)c1ccc(N2CCCC2=O)cc1)c1ccc(OC)c(OC)c1. The molecule has 3 rings (SSSR count). The molecule has 1 heterocycles. The highest BCUT2D eigenvalue weighted by molar-refractivity contribution is 5.97. The lowest BCUT2D eigenvalue weighted by atomic mass is 10.0. The highest BCUT2D eigenvalue weighted by atomic mass is 16.5. The van der Waals surface area contributed by atoms with Crippen LogP contribution in [0.2, 0.25) is 0 Å². The number of rotatable bonds is 7. The van der Waals surface area contributed by atoms with Crippen LogP contribution in [-0.2, 0) is 4.79 Å². The molecule has 6 nitrogen and oxygen atoms in total. The van der Waals surface area contributed by atoms with Crippen molar-refractivity contribution in [2.45, 2.75) is 32.2 Å². The van der Waals surface area contributed by atoms with Crippen molar-refractivity contribution >= 4 is 17.5 Å². The molecule has 148 valence electrons. The lowest BCUT2D eigenvalue weighted by Crippen LogP contribution is -2.28. The maximum absolute atomic E-state index is 12.7. The van der Waals surface area contributed by atoms with Crippen molar-refractivity contribution in [3.05, 3.63) is 53.6 Å². The van der Waals surface area contributed by atoms with Gasteiger partial charge in [0, 0.05) is 24.2 Å². The first-order valence-corrected chi connectivity index (χ1v) is 9.50. The number of nitrogens with zero attached hydrogens (tertiary/aromatic N) is 1. The van der Waals surface area contributed by atoms with Gasteiger partial charge in [0.05, 0.1) is 20.3 Å². The van der Waals surface area contributed by atoms with Crippen LogP contribution in [-0.4, -0.2) is 32.6 Å². The molecule has 1 N–H and O–H groups in total. The van der Waals surface area contributed by atoms with E-state index in [4.69, 9.17) is 9.47 Å². The van der Waals surface area contributed by atoms with Crippen LogP contribution < -0.4 is 19.7 Å². The molecule has 1 saturated heterocycles. The molecule has 0 spiro atoms. The Morgan fingerprint density at radius 2 is 1.82 bits per heavy atom. The van der Waals surface area contributed by atoms with Gasteiger partial charge in [-0.25, -0.2) is 0 Å². The maximum Gasteiger partial charge on any atom is 0.251 e. The van der Waals surface area contributed by atoms with Crippen LogP contribution in [0.25, 0.3) is 0 Å². The van der Waals surface area contributed by atoms with Crippen LogP contribution in [0.4, 0.5) is 5.69 Å². The van der Waals surface area contributed by atoms with E-state index in [0.29, 0.717) is 23.5 Å². The van der Waals surface area contributed by atoms with Crippen molar-refractivity contribution in [1.29, 1.82) is 0 Å². The largest absolute Gasteiger partial charge is 0.493 e. The number of nitrogens with one attached hydrogen (secondary N) is 1. The van der Waals surface area contributed by atoms with E-state index in [0.717, 1.165) is 30.6 Å². The molecule has 0 bridgehead atoms. The highest BCUT2D eigenvalue weighted by Gasteiger charge is 2.22. The fourth-order valence-electron chi connectivity index (χ4n) is 3.45. The van der Waals surface area contributed by atoms with Gasteiger partial charge in [-0.1, -0.05) is 13.0 Å². The topological polar surface area (TPSA) is 67.9 Å². The summed E-state index contributed by atoms with van der Waals surface area (Å²) in [5, 5.41) is 3.07. The molecule has 0 radical (unpaired) electrons. The number of ether oxygens (including phenoxy) is 2. The van der Waals surface area contributed by atoms with Crippen LogP contribution in [0.15, 0.2) is 42.5 Å². The van der Waals surface area contributed by atoms with Gasteiger partial charge in [-0.05, 0) is 54.8 Å². The van der Waals surface area contributed by atoms with Crippen LogP contribution >= 0.6 is 0 Å². The molecule has 0 aliphatic carbocycles. The van der Waals surface area contributed by atoms with Gasteiger partial charge in [0.15, 0.2) is 11.5 Å². The van der Waals surface area contributed by atoms with Gasteiger partial charge in [-0.3, -0.25) is 9.59 Å². The molecule has 1 aliphatic rings. The molecule has 0 unspecified atom stereocenters. The van der Waals surface area contributed by atoms with Crippen molar-refractivity contribution in [2.24, 2.45) is 0 Å². The molecule has 0 saturated carbocycles. The van der Waals surface area contributed by atoms with E-state index in [2.05, 4.69) is 5.32 Å². The van der Waals surface area contributed by atoms with E-state index in [9.17, 15) is 9.59 Å². The predicted octanol–water partition coefficient (Wildman–Crippen LogP) is 3.71. The van der Waals surface area contributed by atoms with Gasteiger partial charge < -0.3 is 19.7 Å². The third-order valence-electron chi connectivity index (χ3n) is 5.04. The summed E-state index contributed by atoms with van der Waals surface area (Å²) in [5.41, 5.74) is 2.35. The number of carbonyl (C=O) groups excluding carboxylic acids is 2. The number of methoxy groups -OCH3 is 2. The van der Waals surface area contributed by atoms with Crippen LogP contribution in [0.3, 0.4) is 0 Å². The summed E-state index contributed by atoms with van der Waals surface area (Å²) in [7, 11) is 3.18. The number of amides is 2. The van der Waals surface area contributed by atoms with Crippen molar-refractivity contribution in [3.63, 3.8) is 0 Å². The van der Waals surface area contributed by atoms with E-state index in [1.807, 2.05) is 37.3 Å². The van der Waals surface area contributed by atoms with Crippen molar-refractivity contribution in [1.82, 2.24) is 5.32 Å². The zero-order chi connectivity index (χ0) is 20.1. The number of carbonyl (C=O) groups is 2. The van der Waals surface area contributed by atoms with Crippen molar-refractivity contribution in [2.75, 3.05) is 25.7 Å². The summed E-state index contributed by atoms with van der Waals surface area (Å²) in [4.78, 5) is 26.3. The third-order valence-corrected chi connectivity index (χ3v) is 5.04. The quantitative estimate of drug-likeness (QED) is 0.793. The molecule has 1 atom stereocenters. The second-order valence-electron chi connectivity index (χ2n) is 6.74. The molecular formula is C22H26N2O4. The Labute approximate surface area is 165 Å². The minimum atomic E-state index is -0.152. The minimum absolute atomic E-state index is 0.136. The second kappa shape index (κ2) is 8.78. The van der Waals surface area contributed by atoms with Crippen molar-refractivity contribution in [3.8, 4) is 11.5 Å². The van der Waals surface area contributed by atoms with E-state index >= 15 is 0 Å². The monoisotopic (exact) mass is 382 g/mol. The lowest BCUT2D eigenvalue weighted by molar-refractivity contribution is -0.117. The molecular weight excluding hydrogens is 356 g/mol.